The van der Waals surface area contributed by atoms with Crippen LogP contribution in [-0.2, 0) is 4.79 Å². The molecule has 1 aliphatic carbocycles. The lowest BCUT2D eigenvalue weighted by molar-refractivity contribution is -0.124. The normalized spacial score (nSPS) is 19.5. The van der Waals surface area contributed by atoms with E-state index in [-0.39, 0.29) is 11.9 Å². The summed E-state index contributed by atoms with van der Waals surface area (Å²) in [6, 6.07) is 18.1. The van der Waals surface area contributed by atoms with Crippen LogP contribution < -0.4 is 4.74 Å². The monoisotopic (exact) mass is 475 g/mol. The molecule has 1 saturated heterocycles. The molecule has 2 aliphatic rings. The van der Waals surface area contributed by atoms with E-state index in [1.54, 1.807) is 7.11 Å². The van der Waals surface area contributed by atoms with E-state index in [0.717, 1.165) is 53.4 Å². The summed E-state index contributed by atoms with van der Waals surface area (Å²) in [5.41, 5.74) is 2.92. The van der Waals surface area contributed by atoms with Crippen LogP contribution in [0.5, 0.6) is 5.75 Å². The highest BCUT2D eigenvalue weighted by Gasteiger charge is 2.38. The summed E-state index contributed by atoms with van der Waals surface area (Å²) in [5.74, 6) is 0.808. The average Bonchev–Trinajstić information content (AvgIpc) is 3.45. The fraction of sp³-hybridized carbons (Fsp3) is 0.269. The number of thiazole rings is 1. The number of rotatable bonds is 5. The molecule has 0 radical (unpaired) electrons. The van der Waals surface area contributed by atoms with Crippen molar-refractivity contribution in [3.05, 3.63) is 70.4 Å². The second-order valence-electron chi connectivity index (χ2n) is 8.13. The number of methoxy groups -OCH3 is 1. The molecule has 2 heterocycles. The van der Waals surface area contributed by atoms with Crippen LogP contribution in [0, 0.1) is 0 Å². The first kappa shape index (κ1) is 21.9. The molecule has 0 spiro atoms. The number of hydrogen-bond acceptors (Lipinski definition) is 6. The summed E-state index contributed by atoms with van der Waals surface area (Å²) in [4.78, 5) is 25.7. The van der Waals surface area contributed by atoms with Gasteiger partial charge in [0.15, 0.2) is 5.17 Å². The minimum Gasteiger partial charge on any atom is -0.497 e. The molecule has 5 nitrogen and oxygen atoms in total. The van der Waals surface area contributed by atoms with Crippen molar-refractivity contribution in [1.82, 2.24) is 9.88 Å². The van der Waals surface area contributed by atoms with Gasteiger partial charge in [-0.1, -0.05) is 61.7 Å². The topological polar surface area (TPSA) is 54.8 Å². The number of amidine groups is 1. The molecule has 1 aliphatic heterocycles. The van der Waals surface area contributed by atoms with E-state index in [0.29, 0.717) is 10.0 Å². The molecule has 0 atom stereocenters. The maximum absolute atomic E-state index is 13.5. The maximum atomic E-state index is 13.5. The van der Waals surface area contributed by atoms with Crippen LogP contribution in [0.2, 0.25) is 0 Å². The highest BCUT2D eigenvalue weighted by Crippen LogP contribution is 2.39. The van der Waals surface area contributed by atoms with Gasteiger partial charge >= 0.3 is 0 Å². The van der Waals surface area contributed by atoms with Crippen LogP contribution in [0.4, 0.5) is 5.13 Å². The van der Waals surface area contributed by atoms with Gasteiger partial charge < -0.3 is 4.74 Å². The van der Waals surface area contributed by atoms with Crippen LogP contribution in [0.1, 0.15) is 37.7 Å². The van der Waals surface area contributed by atoms with E-state index in [9.17, 15) is 4.79 Å². The van der Waals surface area contributed by atoms with E-state index in [1.807, 2.05) is 71.0 Å². The largest absolute Gasteiger partial charge is 0.497 e. The average molecular weight is 476 g/mol. The van der Waals surface area contributed by atoms with Gasteiger partial charge in [0.05, 0.1) is 17.7 Å². The Bertz CT molecular complexity index is 1200. The Hall–Kier alpha value is -2.90. The van der Waals surface area contributed by atoms with Crippen molar-refractivity contribution in [2.24, 2.45) is 4.99 Å². The smallest absolute Gasteiger partial charge is 0.267 e. The first-order valence-corrected chi connectivity index (χ1v) is 12.9. The second kappa shape index (κ2) is 9.93. The number of carbonyl (C=O) groups excluding carboxylic acids is 1. The molecule has 7 heteroatoms. The molecule has 3 aromatic rings. The molecule has 5 rings (SSSR count). The zero-order valence-electron chi connectivity index (χ0n) is 18.4. The minimum absolute atomic E-state index is 0.0355. The molecule has 168 valence electrons. The van der Waals surface area contributed by atoms with E-state index in [2.05, 4.69) is 0 Å². The molecule has 2 aromatic carbocycles. The molecular formula is C26H25N3O2S2. The third-order valence-electron chi connectivity index (χ3n) is 5.92. The first-order chi connectivity index (χ1) is 16.2. The van der Waals surface area contributed by atoms with Crippen molar-refractivity contribution in [3.63, 3.8) is 0 Å². The van der Waals surface area contributed by atoms with Crippen LogP contribution in [0.3, 0.4) is 0 Å². The number of carbonyl (C=O) groups is 1. The van der Waals surface area contributed by atoms with Crippen molar-refractivity contribution in [3.8, 4) is 17.0 Å². The predicted octanol–water partition coefficient (Wildman–Crippen LogP) is 6.76. The van der Waals surface area contributed by atoms with Crippen LogP contribution in [0.15, 0.2) is 69.9 Å². The third kappa shape index (κ3) is 4.89. The Balaban J connectivity index is 1.48. The van der Waals surface area contributed by atoms with Crippen LogP contribution in [-0.4, -0.2) is 34.1 Å². The number of benzene rings is 2. The van der Waals surface area contributed by atoms with E-state index >= 15 is 0 Å². The molecule has 0 N–H and O–H groups in total. The summed E-state index contributed by atoms with van der Waals surface area (Å²) in [6.45, 7) is 0. The molecule has 1 amide bonds. The number of ether oxygens (including phenoxy) is 1. The van der Waals surface area contributed by atoms with Crippen LogP contribution >= 0.6 is 23.1 Å². The van der Waals surface area contributed by atoms with Gasteiger partial charge in [0, 0.05) is 17.0 Å². The lowest BCUT2D eigenvalue weighted by Crippen LogP contribution is -2.40. The Morgan fingerprint density at radius 3 is 2.70 bits per heavy atom. The lowest BCUT2D eigenvalue weighted by Gasteiger charge is -2.30. The van der Waals surface area contributed by atoms with E-state index < -0.39 is 0 Å². The Labute approximate surface area is 202 Å². The number of amides is 1. The molecule has 33 heavy (non-hydrogen) atoms. The summed E-state index contributed by atoms with van der Waals surface area (Å²) >= 11 is 2.95. The van der Waals surface area contributed by atoms with Gasteiger partial charge in [0.1, 0.15) is 5.75 Å². The fourth-order valence-corrected chi connectivity index (χ4v) is 6.04. The predicted molar refractivity (Wildman–Crippen MR) is 137 cm³/mol. The minimum atomic E-state index is 0.0355. The Kier molecular flexibility index (Phi) is 6.60. The molecule has 1 aromatic heterocycles. The van der Waals surface area contributed by atoms with E-state index in [1.165, 1.54) is 29.5 Å². The molecule has 1 saturated carbocycles. The number of thioether (sulfide) groups is 1. The summed E-state index contributed by atoms with van der Waals surface area (Å²) in [5, 5.41) is 3.43. The van der Waals surface area contributed by atoms with Crippen molar-refractivity contribution >= 4 is 45.4 Å². The van der Waals surface area contributed by atoms with Gasteiger partial charge in [-0.3, -0.25) is 9.69 Å². The number of hydrogen-bond donors (Lipinski definition) is 0. The fourth-order valence-electron chi connectivity index (χ4n) is 4.25. The standard InChI is InChI=1S/C26H25N3O2S2/c1-31-21-14-8-9-18(15-21)16-23-24(30)29(20-12-6-3-7-13-20)26(33-23)28-25-27-22(17-32-25)19-10-4-2-5-11-19/h2,4-5,8-11,14-17,20H,3,6-7,12-13H2,1H3/b23-16-,28-26+. The first-order valence-electron chi connectivity index (χ1n) is 11.2. The van der Waals surface area contributed by atoms with Crippen molar-refractivity contribution < 1.29 is 9.53 Å². The van der Waals surface area contributed by atoms with Gasteiger partial charge in [-0.15, -0.1) is 11.3 Å². The SMILES string of the molecule is COc1cccc(/C=C2\S/C(=N/c3nc(-c4ccccc4)cs3)N(C3CCCCC3)C2=O)c1. The molecule has 0 unspecified atom stereocenters. The maximum Gasteiger partial charge on any atom is 0.267 e. The molecule has 0 bridgehead atoms. The highest BCUT2D eigenvalue weighted by molar-refractivity contribution is 8.18. The Morgan fingerprint density at radius 2 is 1.91 bits per heavy atom. The van der Waals surface area contributed by atoms with Crippen molar-refractivity contribution in [2.45, 2.75) is 38.1 Å². The summed E-state index contributed by atoms with van der Waals surface area (Å²) < 4.78 is 5.34. The van der Waals surface area contributed by atoms with Gasteiger partial charge in [-0.25, -0.2) is 4.98 Å². The van der Waals surface area contributed by atoms with E-state index in [4.69, 9.17) is 14.7 Å². The van der Waals surface area contributed by atoms with Gasteiger partial charge in [0.2, 0.25) is 5.13 Å². The molecular weight excluding hydrogens is 450 g/mol. The third-order valence-corrected chi connectivity index (χ3v) is 7.64. The number of nitrogens with zero attached hydrogens (tertiary/aromatic N) is 3. The molecule has 2 fully saturated rings. The van der Waals surface area contributed by atoms with Gasteiger partial charge in [-0.05, 0) is 48.4 Å². The Morgan fingerprint density at radius 1 is 1.09 bits per heavy atom. The van der Waals surface area contributed by atoms with Crippen molar-refractivity contribution in [2.75, 3.05) is 7.11 Å². The lowest BCUT2D eigenvalue weighted by atomic mass is 9.94. The van der Waals surface area contributed by atoms with Crippen molar-refractivity contribution in [1.29, 1.82) is 0 Å². The summed E-state index contributed by atoms with van der Waals surface area (Å²) in [7, 11) is 1.65. The zero-order chi connectivity index (χ0) is 22.6. The quantitative estimate of drug-likeness (QED) is 0.383. The number of aliphatic imine (C=N–C) groups is 1. The highest BCUT2D eigenvalue weighted by atomic mass is 32.2. The van der Waals surface area contributed by atoms with Crippen LogP contribution in [0.25, 0.3) is 17.3 Å². The van der Waals surface area contributed by atoms with Gasteiger partial charge in [0.25, 0.3) is 5.91 Å². The summed E-state index contributed by atoms with van der Waals surface area (Å²) in [6.07, 6.45) is 7.51. The van der Waals surface area contributed by atoms with Gasteiger partial charge in [-0.2, -0.15) is 4.99 Å². The zero-order valence-corrected chi connectivity index (χ0v) is 20.1. The number of aromatic nitrogens is 1. The second-order valence-corrected chi connectivity index (χ2v) is 9.98.